The lowest BCUT2D eigenvalue weighted by Crippen LogP contribution is -2.35. The summed E-state index contributed by atoms with van der Waals surface area (Å²) >= 11 is 0. The first-order valence-corrected chi connectivity index (χ1v) is 5.96. The van der Waals surface area contributed by atoms with Crippen LogP contribution < -0.4 is 4.74 Å². The Balaban J connectivity index is 0.000000922. The second kappa shape index (κ2) is 8.15. The summed E-state index contributed by atoms with van der Waals surface area (Å²) in [6, 6.07) is -0.0943. The molecule has 1 rings (SSSR count). The van der Waals surface area contributed by atoms with E-state index in [9.17, 15) is 39.2 Å². The SMILES string of the molecule is CN(C)C(Oc1c(F)c(F)c(F)c(F)c1F)=[N+](C)C.F[B-](F)(F)F. The predicted octanol–water partition coefficient (Wildman–Crippen LogP) is 3.25. The Morgan fingerprint density at radius 3 is 1.33 bits per heavy atom. The molecule has 13 heteroatoms. The van der Waals surface area contributed by atoms with Crippen LogP contribution in [0.5, 0.6) is 5.75 Å². The third kappa shape index (κ3) is 6.20. The molecule has 0 aliphatic heterocycles. The third-order valence-electron chi connectivity index (χ3n) is 2.13. The van der Waals surface area contributed by atoms with Gasteiger partial charge in [-0.2, -0.15) is 8.78 Å². The van der Waals surface area contributed by atoms with Gasteiger partial charge in [-0.05, 0) is 0 Å². The second-order valence-electron chi connectivity index (χ2n) is 4.57. The predicted molar refractivity (Wildman–Crippen MR) is 67.8 cm³/mol. The van der Waals surface area contributed by atoms with Crippen molar-refractivity contribution >= 4 is 13.3 Å². The van der Waals surface area contributed by atoms with Gasteiger partial charge in [-0.15, -0.1) is 0 Å². The number of hydrogen-bond donors (Lipinski definition) is 0. The monoisotopic (exact) mass is 370 g/mol. The Morgan fingerprint density at radius 2 is 1.08 bits per heavy atom. The van der Waals surface area contributed by atoms with Crippen LogP contribution in [0.25, 0.3) is 0 Å². The fourth-order valence-corrected chi connectivity index (χ4v) is 1.35. The Kier molecular flexibility index (Phi) is 7.45. The van der Waals surface area contributed by atoms with Crippen LogP contribution in [0.3, 0.4) is 0 Å². The van der Waals surface area contributed by atoms with E-state index in [1.807, 2.05) is 0 Å². The molecule has 24 heavy (non-hydrogen) atoms. The number of amidine groups is 1. The van der Waals surface area contributed by atoms with E-state index in [0.717, 1.165) is 0 Å². The van der Waals surface area contributed by atoms with Gasteiger partial charge in [-0.3, -0.25) is 0 Å². The lowest BCUT2D eigenvalue weighted by Gasteiger charge is -2.13. The molecule has 0 N–H and O–H groups in total. The van der Waals surface area contributed by atoms with E-state index in [-0.39, 0.29) is 6.02 Å². The van der Waals surface area contributed by atoms with Gasteiger partial charge in [0.05, 0.1) is 28.2 Å². The summed E-state index contributed by atoms with van der Waals surface area (Å²) in [5.74, 6) is -11.7. The summed E-state index contributed by atoms with van der Waals surface area (Å²) in [7, 11) is -0.0501. The molecule has 0 aliphatic carbocycles. The topological polar surface area (TPSA) is 15.5 Å². The van der Waals surface area contributed by atoms with Crippen molar-refractivity contribution in [2.75, 3.05) is 28.2 Å². The standard InChI is InChI=1S/C11H12F5N2O.BF4/c1-17(2)11(18(3)4)19-10-8(15)6(13)5(12)7(14)9(10)16;2-1(3,4)5/h1-4H3;/q+1;-1. The molecule has 0 radical (unpaired) electrons. The first kappa shape index (κ1) is 21.9. The van der Waals surface area contributed by atoms with Crippen LogP contribution in [-0.4, -0.2) is 50.9 Å². The molecule has 0 saturated carbocycles. The second-order valence-corrected chi connectivity index (χ2v) is 4.57. The minimum absolute atomic E-state index is 0.0943. The lowest BCUT2D eigenvalue weighted by molar-refractivity contribution is -0.478. The van der Waals surface area contributed by atoms with Crippen LogP contribution in [0.4, 0.5) is 39.2 Å². The molecule has 138 valence electrons. The number of benzene rings is 1. The first-order valence-electron chi connectivity index (χ1n) is 5.96. The first-order chi connectivity index (χ1) is 10.7. The normalized spacial score (nSPS) is 10.7. The zero-order valence-electron chi connectivity index (χ0n) is 12.8. The van der Waals surface area contributed by atoms with E-state index in [2.05, 4.69) is 0 Å². The zero-order valence-corrected chi connectivity index (χ0v) is 12.8. The maximum Gasteiger partial charge on any atom is 0.673 e. The number of rotatable bonds is 1. The minimum atomic E-state index is -6.00. The number of hydrogen-bond acceptors (Lipinski definition) is 1. The minimum Gasteiger partial charge on any atom is -0.418 e. The summed E-state index contributed by atoms with van der Waals surface area (Å²) in [5.41, 5.74) is 0. The molecule has 0 amide bonds. The highest BCUT2D eigenvalue weighted by atomic mass is 19.5. The Hall–Kier alpha value is -2.08. The molecule has 0 spiro atoms. The van der Waals surface area contributed by atoms with Crippen LogP contribution in [0.15, 0.2) is 0 Å². The molecular weight excluding hydrogens is 358 g/mol. The van der Waals surface area contributed by atoms with E-state index in [1.54, 1.807) is 0 Å². The summed E-state index contributed by atoms with van der Waals surface area (Å²) in [5, 5.41) is 0. The molecule has 3 nitrogen and oxygen atoms in total. The molecule has 1 aromatic rings. The van der Waals surface area contributed by atoms with Gasteiger partial charge in [-0.25, -0.2) is 22.6 Å². The average molecular weight is 370 g/mol. The summed E-state index contributed by atoms with van der Waals surface area (Å²) in [6.07, 6.45) is 0. The van der Waals surface area contributed by atoms with Gasteiger partial charge in [0.15, 0.2) is 0 Å². The van der Waals surface area contributed by atoms with E-state index < -0.39 is 42.1 Å². The third-order valence-corrected chi connectivity index (χ3v) is 2.13. The van der Waals surface area contributed by atoms with Crippen molar-refractivity contribution in [2.45, 2.75) is 0 Å². The van der Waals surface area contributed by atoms with Crippen molar-refractivity contribution in [3.05, 3.63) is 29.1 Å². The van der Waals surface area contributed by atoms with Gasteiger partial charge in [0.1, 0.15) is 0 Å². The summed E-state index contributed by atoms with van der Waals surface area (Å²) in [4.78, 5) is 1.32. The molecule has 0 atom stereocenters. The van der Waals surface area contributed by atoms with E-state index in [4.69, 9.17) is 4.74 Å². The molecule has 0 fully saturated rings. The van der Waals surface area contributed by atoms with Gasteiger partial charge in [0.25, 0.3) is 0 Å². The highest BCUT2D eigenvalue weighted by molar-refractivity contribution is 6.50. The van der Waals surface area contributed by atoms with Gasteiger partial charge in [-0.1, -0.05) is 0 Å². The molecule has 1 aromatic carbocycles. The van der Waals surface area contributed by atoms with Gasteiger partial charge < -0.3 is 22.0 Å². The maximum absolute atomic E-state index is 13.4. The smallest absolute Gasteiger partial charge is 0.418 e. The number of nitrogens with zero attached hydrogens (tertiary/aromatic N) is 2. The lowest BCUT2D eigenvalue weighted by atomic mass is 10.2. The van der Waals surface area contributed by atoms with Crippen LogP contribution in [0.2, 0.25) is 0 Å². The van der Waals surface area contributed by atoms with Gasteiger partial charge in [0.2, 0.25) is 34.8 Å². The number of halogens is 9. The zero-order chi connectivity index (χ0) is 19.4. The van der Waals surface area contributed by atoms with Crippen molar-refractivity contribution in [3.8, 4) is 5.75 Å². The highest BCUT2D eigenvalue weighted by Gasteiger charge is 2.30. The number of ether oxygens (including phenoxy) is 1. The van der Waals surface area contributed by atoms with Gasteiger partial charge in [0, 0.05) is 0 Å². The Bertz CT molecular complexity index is 592. The van der Waals surface area contributed by atoms with Crippen LogP contribution in [0, 0.1) is 29.1 Å². The van der Waals surface area contributed by atoms with E-state index in [1.165, 1.54) is 37.7 Å². The van der Waals surface area contributed by atoms with Crippen molar-refractivity contribution in [1.82, 2.24) is 4.90 Å². The van der Waals surface area contributed by atoms with Crippen molar-refractivity contribution in [1.29, 1.82) is 0 Å². The summed E-state index contributed by atoms with van der Waals surface area (Å²) in [6.45, 7) is 0. The molecule has 0 heterocycles. The summed E-state index contributed by atoms with van der Waals surface area (Å²) < 4.78 is 111. The molecule has 0 aromatic heterocycles. The van der Waals surface area contributed by atoms with Crippen LogP contribution in [-0.2, 0) is 0 Å². The van der Waals surface area contributed by atoms with E-state index >= 15 is 0 Å². The highest BCUT2D eigenvalue weighted by Crippen LogP contribution is 2.29. The molecule has 0 unspecified atom stereocenters. The quantitative estimate of drug-likeness (QED) is 0.144. The molecule has 0 saturated heterocycles. The molecule has 0 bridgehead atoms. The van der Waals surface area contributed by atoms with Crippen molar-refractivity contribution in [3.63, 3.8) is 0 Å². The Morgan fingerprint density at radius 1 is 0.792 bits per heavy atom. The van der Waals surface area contributed by atoms with Crippen LogP contribution >= 0.6 is 0 Å². The van der Waals surface area contributed by atoms with Gasteiger partial charge >= 0.3 is 13.3 Å². The van der Waals surface area contributed by atoms with Crippen molar-refractivity contribution in [2.24, 2.45) is 0 Å². The molecular formula is C11H12BF9N2O. The van der Waals surface area contributed by atoms with E-state index in [0.29, 0.717) is 0 Å². The average Bonchev–Trinajstić information content (AvgIpc) is 2.40. The largest absolute Gasteiger partial charge is 0.673 e. The fraction of sp³-hybridized carbons (Fsp3) is 0.364. The Labute approximate surface area is 131 Å². The fourth-order valence-electron chi connectivity index (χ4n) is 1.35. The maximum atomic E-state index is 13.4. The van der Waals surface area contributed by atoms with Crippen molar-refractivity contribution < 1.29 is 48.5 Å². The molecule has 0 aliphatic rings. The van der Waals surface area contributed by atoms with Crippen LogP contribution in [0.1, 0.15) is 0 Å².